The number of anilines is 2. The molecule has 0 aliphatic rings. The number of amides is 1. The lowest BCUT2D eigenvalue weighted by molar-refractivity contribution is -0.109. The van der Waals surface area contributed by atoms with Crippen LogP contribution in [0.25, 0.3) is 0 Å². The van der Waals surface area contributed by atoms with Gasteiger partial charge in [0.05, 0.1) is 22.9 Å². The average molecular weight is 360 g/mol. The van der Waals surface area contributed by atoms with Crippen molar-refractivity contribution in [2.75, 3.05) is 24.0 Å². The number of hydrazine groups is 2. The molecular formula is C14H19ClFN5OS. The number of hydrogen-bond acceptors (Lipinski definition) is 6. The number of nitrogens with one attached hydrogen (secondary N) is 1. The highest BCUT2D eigenvalue weighted by atomic mass is 35.5. The minimum Gasteiger partial charge on any atom is -0.367 e. The number of nitrogens with two attached hydrogens (primary N) is 2. The Balaban J connectivity index is 0.000000593. The standard InChI is InChI=1S/C13H15ClFN3S.CH4N2O/c1-17(8-10-4-3-5-19-10)13-11(14)6-9(15)7-12(13)18(2)16;2-3-1-4/h3-7H,8,16H2,1-2H3;1H,2H2,(H,3,4). The second kappa shape index (κ2) is 9.31. The van der Waals surface area contributed by atoms with Gasteiger partial charge in [-0.05, 0) is 17.5 Å². The Hall–Kier alpha value is -1.87. The molecular weight excluding hydrogens is 341 g/mol. The fourth-order valence-electron chi connectivity index (χ4n) is 1.91. The molecule has 2 rings (SSSR count). The van der Waals surface area contributed by atoms with Crippen LogP contribution in [0.3, 0.4) is 0 Å². The smallest absolute Gasteiger partial charge is 0.221 e. The number of nitrogens with zero attached hydrogens (tertiary/aromatic N) is 2. The highest BCUT2D eigenvalue weighted by Gasteiger charge is 2.16. The maximum atomic E-state index is 13.4. The van der Waals surface area contributed by atoms with Crippen LogP contribution in [0.1, 0.15) is 4.88 Å². The van der Waals surface area contributed by atoms with Crippen LogP contribution in [0.4, 0.5) is 15.8 Å². The number of rotatable bonds is 5. The Morgan fingerprint density at radius 2 is 2.09 bits per heavy atom. The number of benzene rings is 1. The van der Waals surface area contributed by atoms with Gasteiger partial charge in [-0.3, -0.25) is 10.2 Å². The normalized spacial score (nSPS) is 9.65. The Labute approximate surface area is 143 Å². The lowest BCUT2D eigenvalue weighted by Gasteiger charge is -2.26. The molecule has 0 fully saturated rings. The zero-order valence-electron chi connectivity index (χ0n) is 12.8. The predicted molar refractivity (Wildman–Crippen MR) is 93.8 cm³/mol. The Morgan fingerprint density at radius 3 is 2.57 bits per heavy atom. The van der Waals surface area contributed by atoms with Crippen molar-refractivity contribution in [2.45, 2.75) is 6.54 Å². The van der Waals surface area contributed by atoms with E-state index in [9.17, 15) is 4.39 Å². The van der Waals surface area contributed by atoms with Crippen molar-refractivity contribution in [3.63, 3.8) is 0 Å². The van der Waals surface area contributed by atoms with Gasteiger partial charge in [-0.1, -0.05) is 17.7 Å². The molecule has 2 aromatic rings. The van der Waals surface area contributed by atoms with Gasteiger partial charge in [0.25, 0.3) is 0 Å². The van der Waals surface area contributed by atoms with E-state index in [0.717, 1.165) is 5.69 Å². The van der Waals surface area contributed by atoms with Gasteiger partial charge in [0.1, 0.15) is 5.82 Å². The van der Waals surface area contributed by atoms with Gasteiger partial charge in [0.15, 0.2) is 0 Å². The second-order valence-electron chi connectivity index (χ2n) is 4.59. The fourth-order valence-corrected chi connectivity index (χ4v) is 3.02. The van der Waals surface area contributed by atoms with Gasteiger partial charge in [-0.2, -0.15) is 0 Å². The van der Waals surface area contributed by atoms with Crippen molar-refractivity contribution >= 4 is 40.7 Å². The molecule has 126 valence electrons. The van der Waals surface area contributed by atoms with Gasteiger partial charge in [-0.15, -0.1) is 11.3 Å². The van der Waals surface area contributed by atoms with E-state index in [1.807, 2.05) is 29.5 Å². The van der Waals surface area contributed by atoms with E-state index in [1.54, 1.807) is 23.8 Å². The van der Waals surface area contributed by atoms with E-state index >= 15 is 0 Å². The van der Waals surface area contributed by atoms with E-state index in [4.69, 9.17) is 22.2 Å². The molecule has 0 saturated heterocycles. The first-order valence-corrected chi connectivity index (χ1v) is 7.77. The summed E-state index contributed by atoms with van der Waals surface area (Å²) in [6.45, 7) is 0.698. The van der Waals surface area contributed by atoms with Crippen molar-refractivity contribution in [3.8, 4) is 0 Å². The third-order valence-corrected chi connectivity index (χ3v) is 3.96. The molecule has 0 radical (unpaired) electrons. The van der Waals surface area contributed by atoms with E-state index in [2.05, 4.69) is 5.84 Å². The molecule has 1 aromatic heterocycles. The summed E-state index contributed by atoms with van der Waals surface area (Å²) in [6.07, 6.45) is 0.403. The van der Waals surface area contributed by atoms with Crippen LogP contribution in [0.15, 0.2) is 29.6 Å². The maximum absolute atomic E-state index is 13.4. The maximum Gasteiger partial charge on any atom is 0.221 e. The molecule has 0 bridgehead atoms. The van der Waals surface area contributed by atoms with Gasteiger partial charge in [-0.25, -0.2) is 16.1 Å². The van der Waals surface area contributed by atoms with Crippen LogP contribution >= 0.6 is 22.9 Å². The molecule has 23 heavy (non-hydrogen) atoms. The Morgan fingerprint density at radius 1 is 1.43 bits per heavy atom. The second-order valence-corrected chi connectivity index (χ2v) is 6.03. The number of carbonyl (C=O) groups is 1. The zero-order valence-corrected chi connectivity index (χ0v) is 14.4. The third kappa shape index (κ3) is 5.68. The van der Waals surface area contributed by atoms with Gasteiger partial charge in [0.2, 0.25) is 6.41 Å². The van der Waals surface area contributed by atoms with Crippen LogP contribution in [0.2, 0.25) is 5.02 Å². The Kier molecular flexibility index (Phi) is 7.76. The summed E-state index contributed by atoms with van der Waals surface area (Å²) in [4.78, 5) is 12.1. The van der Waals surface area contributed by atoms with Crippen LogP contribution in [-0.4, -0.2) is 20.5 Å². The van der Waals surface area contributed by atoms with Crippen molar-refractivity contribution in [1.82, 2.24) is 5.43 Å². The lowest BCUT2D eigenvalue weighted by atomic mass is 10.2. The highest BCUT2D eigenvalue weighted by molar-refractivity contribution is 7.09. The molecule has 1 heterocycles. The van der Waals surface area contributed by atoms with E-state index < -0.39 is 5.82 Å². The highest BCUT2D eigenvalue weighted by Crippen LogP contribution is 2.36. The van der Waals surface area contributed by atoms with Crippen LogP contribution in [0, 0.1) is 5.82 Å². The largest absolute Gasteiger partial charge is 0.367 e. The van der Waals surface area contributed by atoms with Crippen molar-refractivity contribution < 1.29 is 9.18 Å². The van der Waals surface area contributed by atoms with Gasteiger partial charge in [0, 0.05) is 25.0 Å². The molecule has 1 aromatic carbocycles. The molecule has 0 unspecified atom stereocenters. The lowest BCUT2D eigenvalue weighted by Crippen LogP contribution is -2.28. The SMILES string of the molecule is CN(N)c1cc(F)cc(Cl)c1N(C)Cc1cccs1.NNC=O. The molecule has 0 atom stereocenters. The zero-order chi connectivity index (χ0) is 17.4. The molecule has 9 heteroatoms. The molecule has 5 N–H and O–H groups in total. The first kappa shape index (κ1) is 19.2. The van der Waals surface area contributed by atoms with Crippen molar-refractivity contribution in [3.05, 3.63) is 45.4 Å². The molecule has 0 aliphatic carbocycles. The summed E-state index contributed by atoms with van der Waals surface area (Å²) < 4.78 is 13.4. The molecule has 6 nitrogen and oxygen atoms in total. The average Bonchev–Trinajstić information content (AvgIpc) is 2.99. The molecule has 0 saturated carbocycles. The summed E-state index contributed by atoms with van der Waals surface area (Å²) in [5, 5.41) is 3.74. The summed E-state index contributed by atoms with van der Waals surface area (Å²) in [5.74, 6) is 9.76. The van der Waals surface area contributed by atoms with Crippen molar-refractivity contribution in [1.29, 1.82) is 0 Å². The number of thiophene rings is 1. The number of halogens is 2. The van der Waals surface area contributed by atoms with E-state index in [0.29, 0.717) is 23.7 Å². The third-order valence-electron chi connectivity index (χ3n) is 2.81. The van der Waals surface area contributed by atoms with Crippen LogP contribution < -0.4 is 27.0 Å². The molecule has 0 aliphatic heterocycles. The minimum absolute atomic E-state index is 0.353. The van der Waals surface area contributed by atoms with Gasteiger partial charge < -0.3 is 9.91 Å². The molecule has 1 amide bonds. The summed E-state index contributed by atoms with van der Waals surface area (Å²) in [7, 11) is 3.57. The first-order valence-electron chi connectivity index (χ1n) is 6.51. The predicted octanol–water partition coefficient (Wildman–Crippen LogP) is 2.09. The van der Waals surface area contributed by atoms with Gasteiger partial charge >= 0.3 is 0 Å². The summed E-state index contributed by atoms with van der Waals surface area (Å²) >= 11 is 7.82. The number of hydrogen-bond donors (Lipinski definition) is 3. The number of carbonyl (C=O) groups excluding carboxylic acids is 1. The van der Waals surface area contributed by atoms with Crippen molar-refractivity contribution in [2.24, 2.45) is 11.7 Å². The topological polar surface area (TPSA) is 87.6 Å². The molecule has 0 spiro atoms. The Bertz CT molecular complexity index is 624. The van der Waals surface area contributed by atoms with E-state index in [1.165, 1.54) is 22.0 Å². The summed E-state index contributed by atoms with van der Waals surface area (Å²) in [6, 6.07) is 6.72. The fraction of sp³-hybridized carbons (Fsp3) is 0.214. The minimum atomic E-state index is -0.398. The first-order chi connectivity index (χ1) is 10.9. The van der Waals surface area contributed by atoms with E-state index in [-0.39, 0.29) is 0 Å². The summed E-state index contributed by atoms with van der Waals surface area (Å²) in [5.41, 5.74) is 3.03. The van der Waals surface area contributed by atoms with Crippen LogP contribution in [0.5, 0.6) is 0 Å². The monoisotopic (exact) mass is 359 g/mol. The van der Waals surface area contributed by atoms with Crippen LogP contribution in [-0.2, 0) is 11.3 Å². The quantitative estimate of drug-likeness (QED) is 0.329.